The number of anilines is 1. The first-order valence-electron chi connectivity index (χ1n) is 7.78. The van der Waals surface area contributed by atoms with E-state index in [0.717, 1.165) is 24.2 Å². The monoisotopic (exact) mass is 352 g/mol. The second kappa shape index (κ2) is 8.53. The highest BCUT2D eigenvalue weighted by molar-refractivity contribution is 5.92. The molecule has 0 heterocycles. The van der Waals surface area contributed by atoms with Gasteiger partial charge in [0.1, 0.15) is 5.75 Å². The van der Waals surface area contributed by atoms with Crippen LogP contribution in [-0.2, 0) is 17.5 Å². The quantitative estimate of drug-likeness (QED) is 0.796. The number of rotatable bonds is 7. The highest BCUT2D eigenvalue weighted by atomic mass is 19.4. The van der Waals surface area contributed by atoms with E-state index in [-0.39, 0.29) is 18.3 Å². The van der Waals surface area contributed by atoms with E-state index in [2.05, 4.69) is 10.6 Å². The molecular formula is C18H19F3N2O2. The number of benzene rings is 2. The average Bonchev–Trinajstić information content (AvgIpc) is 2.59. The molecule has 0 fully saturated rings. The van der Waals surface area contributed by atoms with E-state index in [0.29, 0.717) is 12.2 Å². The summed E-state index contributed by atoms with van der Waals surface area (Å²) < 4.78 is 42.7. The molecule has 0 atom stereocenters. The lowest BCUT2D eigenvalue weighted by molar-refractivity contribution is -0.137. The van der Waals surface area contributed by atoms with Gasteiger partial charge in [-0.1, -0.05) is 25.1 Å². The van der Waals surface area contributed by atoms with Gasteiger partial charge in [-0.25, -0.2) is 0 Å². The van der Waals surface area contributed by atoms with E-state index in [1.165, 1.54) is 12.1 Å². The molecule has 0 spiro atoms. The number of ether oxygens (including phenoxy) is 1. The summed E-state index contributed by atoms with van der Waals surface area (Å²) in [6.45, 7) is 3.12. The van der Waals surface area contributed by atoms with Gasteiger partial charge in [-0.3, -0.25) is 4.79 Å². The Morgan fingerprint density at radius 3 is 2.40 bits per heavy atom. The van der Waals surface area contributed by atoms with Crippen LogP contribution in [0.2, 0.25) is 0 Å². The zero-order valence-corrected chi connectivity index (χ0v) is 13.7. The summed E-state index contributed by atoms with van der Waals surface area (Å²) >= 11 is 0. The van der Waals surface area contributed by atoms with Crippen LogP contribution >= 0.6 is 0 Å². The highest BCUT2D eigenvalue weighted by Crippen LogP contribution is 2.30. The molecule has 0 radical (unpaired) electrons. The van der Waals surface area contributed by atoms with Gasteiger partial charge in [0.05, 0.1) is 5.56 Å². The van der Waals surface area contributed by atoms with Gasteiger partial charge in [0.15, 0.2) is 6.61 Å². The van der Waals surface area contributed by atoms with Crippen molar-refractivity contribution >= 4 is 11.6 Å². The van der Waals surface area contributed by atoms with Crippen molar-refractivity contribution in [2.45, 2.75) is 19.6 Å². The van der Waals surface area contributed by atoms with E-state index >= 15 is 0 Å². The van der Waals surface area contributed by atoms with Gasteiger partial charge in [-0.15, -0.1) is 0 Å². The van der Waals surface area contributed by atoms with E-state index in [4.69, 9.17) is 4.74 Å². The maximum Gasteiger partial charge on any atom is 0.416 e. The molecule has 0 aliphatic heterocycles. The zero-order valence-electron chi connectivity index (χ0n) is 13.7. The first-order valence-corrected chi connectivity index (χ1v) is 7.78. The third-order valence-corrected chi connectivity index (χ3v) is 3.41. The van der Waals surface area contributed by atoms with Crippen LogP contribution in [0.3, 0.4) is 0 Å². The molecule has 0 aliphatic rings. The smallest absolute Gasteiger partial charge is 0.416 e. The first-order chi connectivity index (χ1) is 11.9. The van der Waals surface area contributed by atoms with Crippen molar-refractivity contribution < 1.29 is 22.7 Å². The molecular weight excluding hydrogens is 333 g/mol. The molecule has 25 heavy (non-hydrogen) atoms. The fourth-order valence-corrected chi connectivity index (χ4v) is 2.13. The van der Waals surface area contributed by atoms with Crippen LogP contribution in [0.4, 0.5) is 18.9 Å². The van der Waals surface area contributed by atoms with Crippen LogP contribution in [0.5, 0.6) is 5.75 Å². The molecule has 2 N–H and O–H groups in total. The number of carbonyl (C=O) groups is 1. The molecule has 1 amide bonds. The summed E-state index contributed by atoms with van der Waals surface area (Å²) in [7, 11) is 0. The number of hydrogen-bond donors (Lipinski definition) is 2. The minimum atomic E-state index is -4.40. The van der Waals surface area contributed by atoms with Crippen LogP contribution in [0.25, 0.3) is 0 Å². The summed E-state index contributed by atoms with van der Waals surface area (Å²) in [4.78, 5) is 12.0. The molecule has 0 saturated carbocycles. The number of nitrogens with one attached hydrogen (secondary N) is 2. The predicted molar refractivity (Wildman–Crippen MR) is 89.4 cm³/mol. The number of halogens is 3. The fraction of sp³-hybridized carbons (Fsp3) is 0.278. The molecule has 0 unspecified atom stereocenters. The van der Waals surface area contributed by atoms with Gasteiger partial charge >= 0.3 is 6.18 Å². The maximum absolute atomic E-state index is 12.5. The van der Waals surface area contributed by atoms with Crippen molar-refractivity contribution in [1.82, 2.24) is 5.32 Å². The summed E-state index contributed by atoms with van der Waals surface area (Å²) in [5, 5.41) is 5.92. The van der Waals surface area contributed by atoms with Crippen molar-refractivity contribution in [2.24, 2.45) is 0 Å². The lowest BCUT2D eigenvalue weighted by Gasteiger charge is -2.12. The van der Waals surface area contributed by atoms with Crippen molar-refractivity contribution in [3.8, 4) is 5.75 Å². The van der Waals surface area contributed by atoms with E-state index in [1.807, 2.05) is 25.1 Å². The van der Waals surface area contributed by atoms with Gasteiger partial charge in [0, 0.05) is 12.2 Å². The molecule has 0 saturated heterocycles. The Morgan fingerprint density at radius 1 is 1.08 bits per heavy atom. The number of carbonyl (C=O) groups excluding carboxylic acids is 1. The molecule has 0 aliphatic carbocycles. The first kappa shape index (κ1) is 18.8. The predicted octanol–water partition coefficient (Wildman–Crippen LogP) is 3.83. The van der Waals surface area contributed by atoms with Gasteiger partial charge in [-0.05, 0) is 42.4 Å². The molecule has 4 nitrogen and oxygen atoms in total. The van der Waals surface area contributed by atoms with Gasteiger partial charge < -0.3 is 15.4 Å². The van der Waals surface area contributed by atoms with Crippen molar-refractivity contribution in [2.75, 3.05) is 18.5 Å². The largest absolute Gasteiger partial charge is 0.484 e. The minimum Gasteiger partial charge on any atom is -0.484 e. The van der Waals surface area contributed by atoms with Crippen LogP contribution in [0.15, 0.2) is 48.5 Å². The fourth-order valence-electron chi connectivity index (χ4n) is 2.13. The third kappa shape index (κ3) is 5.79. The molecule has 2 rings (SSSR count). The van der Waals surface area contributed by atoms with Crippen molar-refractivity contribution in [3.63, 3.8) is 0 Å². The Bertz CT molecular complexity index is 700. The lowest BCUT2D eigenvalue weighted by atomic mass is 10.1. The van der Waals surface area contributed by atoms with Crippen molar-refractivity contribution in [1.29, 1.82) is 0 Å². The number of hydrogen-bond acceptors (Lipinski definition) is 3. The topological polar surface area (TPSA) is 50.4 Å². The second-order valence-electron chi connectivity index (χ2n) is 5.30. The summed E-state index contributed by atoms with van der Waals surface area (Å²) in [5.41, 5.74) is 0.846. The van der Waals surface area contributed by atoms with Crippen LogP contribution in [0.1, 0.15) is 18.1 Å². The molecule has 7 heteroatoms. The molecule has 134 valence electrons. The lowest BCUT2D eigenvalue weighted by Crippen LogP contribution is -2.22. The summed E-state index contributed by atoms with van der Waals surface area (Å²) in [5.74, 6) is -0.187. The van der Waals surface area contributed by atoms with Crippen LogP contribution in [-0.4, -0.2) is 19.1 Å². The Balaban J connectivity index is 1.91. The second-order valence-corrected chi connectivity index (χ2v) is 5.30. The summed E-state index contributed by atoms with van der Waals surface area (Å²) in [6, 6.07) is 11.6. The Hall–Kier alpha value is -2.54. The molecule has 2 aromatic rings. The third-order valence-electron chi connectivity index (χ3n) is 3.41. The Labute approximate surface area is 144 Å². The number of alkyl halides is 3. The van der Waals surface area contributed by atoms with Gasteiger partial charge in [-0.2, -0.15) is 13.2 Å². The van der Waals surface area contributed by atoms with Gasteiger partial charge in [0.2, 0.25) is 0 Å². The van der Waals surface area contributed by atoms with E-state index < -0.39 is 11.7 Å². The van der Waals surface area contributed by atoms with Crippen LogP contribution < -0.4 is 15.4 Å². The molecule has 0 bridgehead atoms. The normalized spacial score (nSPS) is 11.2. The highest BCUT2D eigenvalue weighted by Gasteiger charge is 2.30. The molecule has 2 aromatic carbocycles. The maximum atomic E-state index is 12.5. The van der Waals surface area contributed by atoms with Crippen LogP contribution in [0, 0.1) is 0 Å². The Morgan fingerprint density at radius 2 is 1.76 bits per heavy atom. The molecule has 0 aromatic heterocycles. The van der Waals surface area contributed by atoms with Crippen molar-refractivity contribution in [3.05, 3.63) is 59.7 Å². The average molecular weight is 352 g/mol. The Kier molecular flexibility index (Phi) is 6.41. The SMILES string of the molecule is CCNCc1ccccc1NC(=O)COc1ccc(C(F)(F)F)cc1. The van der Waals surface area contributed by atoms with E-state index in [9.17, 15) is 18.0 Å². The van der Waals surface area contributed by atoms with E-state index in [1.54, 1.807) is 6.07 Å². The number of amides is 1. The minimum absolute atomic E-state index is 0.198. The number of para-hydroxylation sites is 1. The standard InChI is InChI=1S/C18H19F3N2O2/c1-2-22-11-13-5-3-4-6-16(13)23-17(24)12-25-15-9-7-14(8-10-15)18(19,20)21/h3-10,22H,2,11-12H2,1H3,(H,23,24). The zero-order chi connectivity index (χ0) is 18.3. The van der Waals surface area contributed by atoms with Gasteiger partial charge in [0.25, 0.3) is 5.91 Å². The summed E-state index contributed by atoms with van der Waals surface area (Å²) in [6.07, 6.45) is -4.40.